The van der Waals surface area contributed by atoms with E-state index >= 15 is 0 Å². The fraction of sp³-hybridized carbons (Fsp3) is 0.382. The molecule has 2 atom stereocenters. The summed E-state index contributed by atoms with van der Waals surface area (Å²) in [7, 11) is 3.93. The molecular weight excluding hydrogens is 998 g/mol. The van der Waals surface area contributed by atoms with Crippen molar-refractivity contribution in [3.05, 3.63) is 123 Å². The minimum atomic E-state index is -0.603. The van der Waals surface area contributed by atoms with Gasteiger partial charge >= 0.3 is 6.01 Å². The summed E-state index contributed by atoms with van der Waals surface area (Å²) in [5, 5.41) is 18.7. The predicted molar refractivity (Wildman–Crippen MR) is 288 cm³/mol. The SMILES string of the molecule is C=C(COc1cccc(Cl)c1NC)C(=O)N1CCN(c2nc(OCC3CCCN3C)nc3c2CCN(c2cccc4cccc(Cl)c24)C3)CC1.CC#N.O=CNCc1ccc2c(c1)CN(C1CCC(=O)NC1=O)C2=O. The van der Waals surface area contributed by atoms with Crippen LogP contribution in [0.2, 0.25) is 10.0 Å². The minimum absolute atomic E-state index is 0.0722. The van der Waals surface area contributed by atoms with E-state index in [4.69, 9.17) is 47.9 Å². The van der Waals surface area contributed by atoms with Crippen molar-refractivity contribution in [2.75, 3.05) is 81.7 Å². The molecule has 18 nitrogen and oxygen atoms in total. The highest BCUT2D eigenvalue weighted by atomic mass is 35.5. The van der Waals surface area contributed by atoms with E-state index in [0.717, 1.165) is 75.6 Å². The van der Waals surface area contributed by atoms with E-state index in [9.17, 15) is 24.0 Å². The van der Waals surface area contributed by atoms with E-state index in [2.05, 4.69) is 68.5 Å². The van der Waals surface area contributed by atoms with E-state index in [-0.39, 0.29) is 30.7 Å². The average molecular weight is 1060 g/mol. The van der Waals surface area contributed by atoms with Crippen LogP contribution in [-0.4, -0.2) is 133 Å². The minimum Gasteiger partial charge on any atom is -0.486 e. The van der Waals surface area contributed by atoms with Crippen LogP contribution in [0.25, 0.3) is 10.8 Å². The van der Waals surface area contributed by atoms with E-state index in [1.165, 1.54) is 18.2 Å². The fourth-order valence-corrected chi connectivity index (χ4v) is 10.7. The molecule has 3 fully saturated rings. The molecular formula is C55H61Cl2N11O7. The molecule has 6 heterocycles. The molecule has 5 aliphatic rings. The number of imide groups is 1. The molecule has 20 heteroatoms. The standard InChI is InChI=1S/C38H43Cl2N7O3.C15H15N3O4.C2H3N/c1-25(23-49-33-14-6-12-30(40)35(33)41-2)37(48)46-20-18-45(19-21-46)36-28-15-17-47(32-13-5-9-26-8-4-11-29(39)34(26)32)22-31(28)42-38(43-36)50-24-27-10-7-16-44(27)3;19-8-16-6-9-1-2-11-10(5-9)7-18(15(11)22)12-3-4-13(20)17-14(12)21;1-2-3/h4-6,8-9,11-14,27,41H,1,7,10,15-24H2,2-3H3;1-2,5,8,12H,3-4,6-7H2,(H,16,19)(H,17,20,21);1H3. The highest BCUT2D eigenvalue weighted by Crippen LogP contribution is 2.38. The fourth-order valence-electron chi connectivity index (χ4n) is 10.2. The van der Waals surface area contributed by atoms with E-state index in [1.807, 2.05) is 35.2 Å². The molecule has 10 rings (SSSR count). The first-order valence-corrected chi connectivity index (χ1v) is 25.8. The van der Waals surface area contributed by atoms with Crippen LogP contribution in [0.1, 0.15) is 65.3 Å². The summed E-state index contributed by atoms with van der Waals surface area (Å²) < 4.78 is 12.3. The lowest BCUT2D eigenvalue weighted by molar-refractivity contribution is -0.137. The molecule has 2 unspecified atom stereocenters. The number of nitriles is 1. The Bertz CT molecular complexity index is 3010. The number of amides is 5. The van der Waals surface area contributed by atoms with Crippen molar-refractivity contribution in [3.63, 3.8) is 0 Å². The van der Waals surface area contributed by atoms with Crippen LogP contribution in [0.4, 0.5) is 17.2 Å². The largest absolute Gasteiger partial charge is 0.486 e. The maximum absolute atomic E-state index is 13.4. The zero-order chi connectivity index (χ0) is 53.2. The van der Waals surface area contributed by atoms with E-state index < -0.39 is 11.9 Å². The number of para-hydroxylation sites is 1. The Morgan fingerprint density at radius 2 is 1.67 bits per heavy atom. The number of carbonyl (C=O) groups is 5. The Morgan fingerprint density at radius 1 is 0.920 bits per heavy atom. The highest BCUT2D eigenvalue weighted by molar-refractivity contribution is 6.36. The van der Waals surface area contributed by atoms with Crippen molar-refractivity contribution in [3.8, 4) is 17.8 Å². The van der Waals surface area contributed by atoms with Gasteiger partial charge in [-0.1, -0.05) is 72.2 Å². The number of likely N-dealkylation sites (N-methyl/N-ethyl adjacent to an activating group) is 1. The van der Waals surface area contributed by atoms with Crippen LogP contribution in [0.15, 0.2) is 84.9 Å². The van der Waals surface area contributed by atoms with Crippen LogP contribution in [0, 0.1) is 11.3 Å². The van der Waals surface area contributed by atoms with Gasteiger partial charge in [0.15, 0.2) is 0 Å². The van der Waals surface area contributed by atoms with Gasteiger partial charge < -0.3 is 44.6 Å². The summed E-state index contributed by atoms with van der Waals surface area (Å²) in [6.45, 7) is 11.7. The number of likely N-dealkylation sites (tertiary alicyclic amines) is 1. The Labute approximate surface area is 446 Å². The molecule has 1 aromatic heterocycles. The lowest BCUT2D eigenvalue weighted by Gasteiger charge is -2.38. The Morgan fingerprint density at radius 3 is 2.39 bits per heavy atom. The van der Waals surface area contributed by atoms with Crippen LogP contribution < -0.4 is 35.2 Å². The van der Waals surface area contributed by atoms with Gasteiger partial charge in [0.05, 0.1) is 34.0 Å². The van der Waals surface area contributed by atoms with Gasteiger partial charge in [0.25, 0.3) is 11.8 Å². The zero-order valence-corrected chi connectivity index (χ0v) is 43.9. The highest BCUT2D eigenvalue weighted by Gasteiger charge is 2.39. The normalized spacial score (nSPS) is 18.1. The van der Waals surface area contributed by atoms with Crippen molar-refractivity contribution < 1.29 is 33.4 Å². The number of hydrogen-bond donors (Lipinski definition) is 3. The zero-order valence-electron chi connectivity index (χ0n) is 42.4. The first kappa shape index (κ1) is 53.8. The number of fused-ring (bicyclic) bond motifs is 3. The molecule has 392 valence electrons. The number of piperidine rings is 1. The molecule has 5 aliphatic heterocycles. The second-order valence-electron chi connectivity index (χ2n) is 18.8. The van der Waals surface area contributed by atoms with Gasteiger partial charge in [0, 0.05) is 100 Å². The molecule has 0 saturated carbocycles. The average Bonchev–Trinajstić information content (AvgIpc) is 3.99. The second kappa shape index (κ2) is 24.7. The lowest BCUT2D eigenvalue weighted by atomic mass is 10.0. The van der Waals surface area contributed by atoms with Gasteiger partial charge in [-0.05, 0) is 86.1 Å². The predicted octanol–water partition coefficient (Wildman–Crippen LogP) is 6.52. The number of nitrogens with one attached hydrogen (secondary N) is 3. The summed E-state index contributed by atoms with van der Waals surface area (Å²) in [6.07, 6.45) is 4.26. The summed E-state index contributed by atoms with van der Waals surface area (Å²) in [5.74, 6) is 0.450. The van der Waals surface area contributed by atoms with Crippen LogP contribution >= 0.6 is 23.2 Å². The second-order valence-corrected chi connectivity index (χ2v) is 19.6. The van der Waals surface area contributed by atoms with Crippen molar-refractivity contribution in [2.45, 2.75) is 70.7 Å². The quantitative estimate of drug-likeness (QED) is 0.0616. The number of halogens is 2. The smallest absolute Gasteiger partial charge is 0.318 e. The topological polar surface area (TPSA) is 206 Å². The molecule has 75 heavy (non-hydrogen) atoms. The van der Waals surface area contributed by atoms with Crippen LogP contribution in [-0.2, 0) is 45.2 Å². The summed E-state index contributed by atoms with van der Waals surface area (Å²) in [5.41, 5.74) is 6.56. The molecule has 0 bridgehead atoms. The van der Waals surface area contributed by atoms with Gasteiger partial charge in [-0.2, -0.15) is 15.2 Å². The number of ether oxygens (including phenoxy) is 2. The maximum atomic E-state index is 13.4. The number of aromatic nitrogens is 2. The Kier molecular flexibility index (Phi) is 17.7. The van der Waals surface area contributed by atoms with Crippen molar-refractivity contribution in [1.29, 1.82) is 5.26 Å². The number of anilines is 3. The van der Waals surface area contributed by atoms with Crippen molar-refractivity contribution in [1.82, 2.24) is 35.3 Å². The monoisotopic (exact) mass is 1060 g/mol. The van der Waals surface area contributed by atoms with Gasteiger partial charge in [-0.3, -0.25) is 29.3 Å². The van der Waals surface area contributed by atoms with Crippen molar-refractivity contribution >= 4 is 81.2 Å². The van der Waals surface area contributed by atoms with Gasteiger partial charge in [-0.15, -0.1) is 0 Å². The molecule has 0 spiro atoms. The molecule has 4 aromatic carbocycles. The number of carbonyl (C=O) groups excluding carboxylic acids is 5. The summed E-state index contributed by atoms with van der Waals surface area (Å²) in [6, 6.07) is 25.0. The lowest BCUT2D eigenvalue weighted by Crippen LogP contribution is -2.52. The molecule has 5 amide bonds. The first-order valence-electron chi connectivity index (χ1n) is 25.0. The Balaban J connectivity index is 0.000000248. The van der Waals surface area contributed by atoms with Gasteiger partial charge in [0.2, 0.25) is 18.2 Å². The van der Waals surface area contributed by atoms with Crippen LogP contribution in [0.5, 0.6) is 11.8 Å². The maximum Gasteiger partial charge on any atom is 0.318 e. The molecule has 3 N–H and O–H groups in total. The number of hydrogen-bond acceptors (Lipinski definition) is 14. The van der Waals surface area contributed by atoms with E-state index in [0.29, 0.717) is 105 Å². The number of piperazine rings is 1. The summed E-state index contributed by atoms with van der Waals surface area (Å²) >= 11 is 13.0. The third-order valence-corrected chi connectivity index (χ3v) is 14.7. The van der Waals surface area contributed by atoms with E-state index in [1.54, 1.807) is 31.3 Å². The first-order chi connectivity index (χ1) is 36.3. The van der Waals surface area contributed by atoms with Gasteiger partial charge in [0.1, 0.15) is 30.8 Å². The molecule has 5 aromatic rings. The Hall–Kier alpha value is -7.46. The number of benzene rings is 4. The summed E-state index contributed by atoms with van der Waals surface area (Å²) in [4.78, 5) is 79.7. The van der Waals surface area contributed by atoms with Gasteiger partial charge in [-0.25, -0.2) is 0 Å². The molecule has 0 aliphatic carbocycles. The number of rotatable bonds is 14. The van der Waals surface area contributed by atoms with Crippen molar-refractivity contribution in [2.24, 2.45) is 0 Å². The molecule has 0 radical (unpaired) electrons. The third kappa shape index (κ3) is 12.4. The number of nitrogens with zero attached hydrogens (tertiary/aromatic N) is 8. The molecule has 3 saturated heterocycles. The third-order valence-electron chi connectivity index (χ3n) is 14.0. The van der Waals surface area contributed by atoms with Crippen LogP contribution in [0.3, 0.4) is 0 Å².